The van der Waals surface area contributed by atoms with Gasteiger partial charge in [0.05, 0.1) is 13.0 Å². The Balaban J connectivity index is 2.02. The molecule has 0 aromatic heterocycles. The summed E-state index contributed by atoms with van der Waals surface area (Å²) in [6.45, 7) is 0. The summed E-state index contributed by atoms with van der Waals surface area (Å²) in [5.41, 5.74) is 0.840. The van der Waals surface area contributed by atoms with Crippen LogP contribution in [0.25, 0.3) is 0 Å². The predicted molar refractivity (Wildman–Crippen MR) is 63.2 cm³/mol. The van der Waals surface area contributed by atoms with Gasteiger partial charge in [-0.05, 0) is 37.1 Å². The van der Waals surface area contributed by atoms with Crippen LogP contribution in [0.15, 0.2) is 24.3 Å². The Bertz CT molecular complexity index is 391. The molecule has 1 saturated carbocycles. The van der Waals surface area contributed by atoms with Crippen LogP contribution in [0.1, 0.15) is 19.3 Å². The van der Waals surface area contributed by atoms with E-state index in [1.807, 2.05) is 0 Å². The molecular formula is C13H16FNO2. The molecule has 3 nitrogen and oxygen atoms in total. The SMILES string of the molecule is COC(=O)[C@@H]1CCC[C@@H]1Nc1ccc(F)cc1. The van der Waals surface area contributed by atoms with Crippen molar-refractivity contribution in [2.45, 2.75) is 25.3 Å². The van der Waals surface area contributed by atoms with Gasteiger partial charge in [-0.1, -0.05) is 6.42 Å². The van der Waals surface area contributed by atoms with Gasteiger partial charge in [0.1, 0.15) is 5.82 Å². The Kier molecular flexibility index (Phi) is 3.61. The summed E-state index contributed by atoms with van der Waals surface area (Å²) >= 11 is 0. The van der Waals surface area contributed by atoms with E-state index in [1.165, 1.54) is 19.2 Å². The van der Waals surface area contributed by atoms with Crippen LogP contribution in [-0.2, 0) is 9.53 Å². The summed E-state index contributed by atoms with van der Waals surface area (Å²) in [5.74, 6) is -0.515. The van der Waals surface area contributed by atoms with Crippen LogP contribution in [-0.4, -0.2) is 19.1 Å². The Hall–Kier alpha value is -1.58. The van der Waals surface area contributed by atoms with Crippen molar-refractivity contribution in [3.05, 3.63) is 30.1 Å². The Morgan fingerprint density at radius 2 is 2.06 bits per heavy atom. The second-order valence-corrected chi connectivity index (χ2v) is 4.32. The number of benzene rings is 1. The van der Waals surface area contributed by atoms with Crippen LogP contribution in [0.4, 0.5) is 10.1 Å². The highest BCUT2D eigenvalue weighted by molar-refractivity contribution is 5.74. The Morgan fingerprint density at radius 1 is 1.35 bits per heavy atom. The molecular weight excluding hydrogens is 221 g/mol. The monoisotopic (exact) mass is 237 g/mol. The highest BCUT2D eigenvalue weighted by atomic mass is 19.1. The number of methoxy groups -OCH3 is 1. The third kappa shape index (κ3) is 2.75. The van der Waals surface area contributed by atoms with Gasteiger partial charge in [-0.15, -0.1) is 0 Å². The Morgan fingerprint density at radius 3 is 2.71 bits per heavy atom. The molecule has 0 unspecified atom stereocenters. The molecule has 1 fully saturated rings. The minimum Gasteiger partial charge on any atom is -0.469 e. The minimum absolute atomic E-state index is 0.0907. The number of rotatable bonds is 3. The number of nitrogens with one attached hydrogen (secondary N) is 1. The van der Waals surface area contributed by atoms with E-state index in [0.29, 0.717) is 0 Å². The van der Waals surface area contributed by atoms with E-state index in [2.05, 4.69) is 5.32 Å². The second kappa shape index (κ2) is 5.17. The zero-order chi connectivity index (χ0) is 12.3. The molecule has 0 heterocycles. The lowest BCUT2D eigenvalue weighted by Crippen LogP contribution is -2.30. The molecule has 92 valence electrons. The van der Waals surface area contributed by atoms with Crippen molar-refractivity contribution in [1.82, 2.24) is 0 Å². The fourth-order valence-electron chi connectivity index (χ4n) is 2.33. The predicted octanol–water partition coefficient (Wildman–Crippen LogP) is 2.58. The second-order valence-electron chi connectivity index (χ2n) is 4.32. The van der Waals surface area contributed by atoms with Crippen molar-refractivity contribution >= 4 is 11.7 Å². The van der Waals surface area contributed by atoms with Crippen LogP contribution >= 0.6 is 0 Å². The molecule has 1 aromatic carbocycles. The lowest BCUT2D eigenvalue weighted by Gasteiger charge is -2.20. The van der Waals surface area contributed by atoms with Crippen molar-refractivity contribution in [2.24, 2.45) is 5.92 Å². The first-order valence-electron chi connectivity index (χ1n) is 5.80. The molecule has 0 bridgehead atoms. The fourth-order valence-corrected chi connectivity index (χ4v) is 2.33. The van der Waals surface area contributed by atoms with Gasteiger partial charge in [0, 0.05) is 11.7 Å². The molecule has 0 aliphatic heterocycles. The van der Waals surface area contributed by atoms with Crippen LogP contribution in [0.5, 0.6) is 0 Å². The molecule has 1 aromatic rings. The number of hydrogen-bond acceptors (Lipinski definition) is 3. The number of halogens is 1. The maximum Gasteiger partial charge on any atom is 0.310 e. The third-order valence-corrected chi connectivity index (χ3v) is 3.22. The molecule has 4 heteroatoms. The van der Waals surface area contributed by atoms with Crippen molar-refractivity contribution in [1.29, 1.82) is 0 Å². The highest BCUT2D eigenvalue weighted by Gasteiger charge is 2.33. The zero-order valence-corrected chi connectivity index (χ0v) is 9.78. The molecule has 0 saturated heterocycles. The average molecular weight is 237 g/mol. The standard InChI is InChI=1S/C13H16FNO2/c1-17-13(16)11-3-2-4-12(11)15-10-7-5-9(14)6-8-10/h5-8,11-12,15H,2-4H2,1H3/t11-,12+/m1/s1. The largest absolute Gasteiger partial charge is 0.469 e. The van der Waals surface area contributed by atoms with E-state index in [9.17, 15) is 9.18 Å². The van der Waals surface area contributed by atoms with E-state index in [4.69, 9.17) is 4.74 Å². The molecule has 2 rings (SSSR count). The number of ether oxygens (including phenoxy) is 1. The van der Waals surface area contributed by atoms with Gasteiger partial charge in [-0.3, -0.25) is 4.79 Å². The highest BCUT2D eigenvalue weighted by Crippen LogP contribution is 2.29. The van der Waals surface area contributed by atoms with Gasteiger partial charge in [0.25, 0.3) is 0 Å². The zero-order valence-electron chi connectivity index (χ0n) is 9.78. The molecule has 0 spiro atoms. The van der Waals surface area contributed by atoms with E-state index in [1.54, 1.807) is 12.1 Å². The quantitative estimate of drug-likeness (QED) is 0.821. The summed E-state index contributed by atoms with van der Waals surface area (Å²) < 4.78 is 17.5. The van der Waals surface area contributed by atoms with Crippen LogP contribution in [0, 0.1) is 11.7 Å². The molecule has 1 aliphatic carbocycles. The van der Waals surface area contributed by atoms with E-state index in [0.717, 1.165) is 24.9 Å². The molecule has 1 N–H and O–H groups in total. The maximum absolute atomic E-state index is 12.8. The molecule has 1 aliphatic rings. The van der Waals surface area contributed by atoms with E-state index in [-0.39, 0.29) is 23.7 Å². The minimum atomic E-state index is -0.258. The van der Waals surface area contributed by atoms with Crippen LogP contribution in [0.3, 0.4) is 0 Å². The van der Waals surface area contributed by atoms with Crippen LogP contribution < -0.4 is 5.32 Å². The lowest BCUT2D eigenvalue weighted by atomic mass is 10.0. The number of hydrogen-bond donors (Lipinski definition) is 1. The molecule has 2 atom stereocenters. The van der Waals surface area contributed by atoms with Gasteiger partial charge in [-0.2, -0.15) is 0 Å². The van der Waals surface area contributed by atoms with Crippen molar-refractivity contribution in [2.75, 3.05) is 12.4 Å². The summed E-state index contributed by atoms with van der Waals surface area (Å²) in [4.78, 5) is 11.5. The first-order valence-corrected chi connectivity index (χ1v) is 5.80. The van der Waals surface area contributed by atoms with E-state index >= 15 is 0 Å². The average Bonchev–Trinajstić information content (AvgIpc) is 2.79. The molecule has 17 heavy (non-hydrogen) atoms. The lowest BCUT2D eigenvalue weighted by molar-refractivity contribution is -0.145. The summed E-state index contributed by atoms with van der Waals surface area (Å²) in [7, 11) is 1.41. The van der Waals surface area contributed by atoms with Gasteiger partial charge < -0.3 is 10.1 Å². The van der Waals surface area contributed by atoms with Gasteiger partial charge >= 0.3 is 5.97 Å². The normalized spacial score (nSPS) is 23.4. The first-order chi connectivity index (χ1) is 8.20. The molecule has 0 amide bonds. The maximum atomic E-state index is 12.8. The summed E-state index contributed by atoms with van der Waals surface area (Å²) in [6, 6.07) is 6.27. The third-order valence-electron chi connectivity index (χ3n) is 3.22. The van der Waals surface area contributed by atoms with Crippen molar-refractivity contribution in [3.8, 4) is 0 Å². The number of esters is 1. The van der Waals surface area contributed by atoms with Gasteiger partial charge in [0.15, 0.2) is 0 Å². The molecule has 0 radical (unpaired) electrons. The van der Waals surface area contributed by atoms with Crippen molar-refractivity contribution < 1.29 is 13.9 Å². The summed E-state index contributed by atoms with van der Waals surface area (Å²) in [6.07, 6.45) is 2.81. The van der Waals surface area contributed by atoms with E-state index < -0.39 is 0 Å². The number of anilines is 1. The van der Waals surface area contributed by atoms with Crippen LogP contribution in [0.2, 0.25) is 0 Å². The smallest absolute Gasteiger partial charge is 0.310 e. The first kappa shape index (κ1) is 11.9. The summed E-state index contributed by atoms with van der Waals surface area (Å²) in [5, 5.41) is 3.27. The number of carbonyl (C=O) groups is 1. The number of carbonyl (C=O) groups excluding carboxylic acids is 1. The van der Waals surface area contributed by atoms with Gasteiger partial charge in [0.2, 0.25) is 0 Å². The topological polar surface area (TPSA) is 38.3 Å². The van der Waals surface area contributed by atoms with Gasteiger partial charge in [-0.25, -0.2) is 4.39 Å². The fraction of sp³-hybridized carbons (Fsp3) is 0.462. The van der Waals surface area contributed by atoms with Crippen molar-refractivity contribution in [3.63, 3.8) is 0 Å². The Labute approximate surface area is 100.0 Å².